The number of hydrogen-bond acceptors (Lipinski definition) is 3. The first-order valence-corrected chi connectivity index (χ1v) is 5.69. The standard InChI is InChI=1S/C12H13ClN2O/c13-11-3-1-2-9(8-15-10-4-5-10)12(11)16-7-6-14/h1-3,10,15H,4-5,7-8H2. The summed E-state index contributed by atoms with van der Waals surface area (Å²) in [6, 6.07) is 8.22. The molecular formula is C12H13ClN2O. The van der Waals surface area contributed by atoms with Crippen molar-refractivity contribution in [1.82, 2.24) is 5.32 Å². The van der Waals surface area contributed by atoms with Gasteiger partial charge in [-0.05, 0) is 18.9 Å². The van der Waals surface area contributed by atoms with Gasteiger partial charge < -0.3 is 10.1 Å². The maximum absolute atomic E-state index is 8.50. The van der Waals surface area contributed by atoms with E-state index in [9.17, 15) is 0 Å². The molecule has 0 saturated heterocycles. The highest BCUT2D eigenvalue weighted by atomic mass is 35.5. The molecule has 1 aliphatic rings. The van der Waals surface area contributed by atoms with E-state index in [1.807, 2.05) is 18.2 Å². The molecule has 1 N–H and O–H groups in total. The number of para-hydroxylation sites is 1. The quantitative estimate of drug-likeness (QED) is 0.854. The lowest BCUT2D eigenvalue weighted by atomic mass is 10.2. The van der Waals surface area contributed by atoms with Crippen molar-refractivity contribution in [3.05, 3.63) is 28.8 Å². The minimum atomic E-state index is 0.0279. The number of nitrogens with zero attached hydrogens (tertiary/aromatic N) is 1. The van der Waals surface area contributed by atoms with Gasteiger partial charge in [0.2, 0.25) is 0 Å². The van der Waals surface area contributed by atoms with Gasteiger partial charge in [0.25, 0.3) is 0 Å². The van der Waals surface area contributed by atoms with Gasteiger partial charge in [-0.3, -0.25) is 0 Å². The zero-order valence-corrected chi connectivity index (χ0v) is 9.63. The number of hydrogen-bond donors (Lipinski definition) is 1. The van der Waals surface area contributed by atoms with Crippen molar-refractivity contribution in [2.75, 3.05) is 6.61 Å². The molecule has 0 bridgehead atoms. The summed E-state index contributed by atoms with van der Waals surface area (Å²) < 4.78 is 5.34. The number of nitriles is 1. The molecule has 0 radical (unpaired) electrons. The van der Waals surface area contributed by atoms with Gasteiger partial charge in [0.15, 0.2) is 6.61 Å². The Morgan fingerprint density at radius 1 is 1.50 bits per heavy atom. The summed E-state index contributed by atoms with van der Waals surface area (Å²) in [6.07, 6.45) is 2.49. The summed E-state index contributed by atoms with van der Waals surface area (Å²) in [6.45, 7) is 0.770. The van der Waals surface area contributed by atoms with Crippen molar-refractivity contribution < 1.29 is 4.74 Å². The third-order valence-corrected chi connectivity index (χ3v) is 2.79. The van der Waals surface area contributed by atoms with Crippen LogP contribution in [0.1, 0.15) is 18.4 Å². The average Bonchev–Trinajstić information content (AvgIpc) is 3.09. The Morgan fingerprint density at radius 2 is 2.31 bits per heavy atom. The molecule has 1 aromatic rings. The first kappa shape index (κ1) is 11.3. The van der Waals surface area contributed by atoms with E-state index in [1.165, 1.54) is 12.8 Å². The van der Waals surface area contributed by atoms with Crippen LogP contribution in [0.15, 0.2) is 18.2 Å². The van der Waals surface area contributed by atoms with Gasteiger partial charge in [-0.25, -0.2) is 0 Å². The van der Waals surface area contributed by atoms with Crippen molar-refractivity contribution in [3.8, 4) is 11.8 Å². The predicted molar refractivity (Wildman–Crippen MR) is 62.4 cm³/mol. The summed E-state index contributed by atoms with van der Waals surface area (Å²) in [5, 5.41) is 12.5. The largest absolute Gasteiger partial charge is 0.477 e. The van der Waals surface area contributed by atoms with Crippen LogP contribution in [0.3, 0.4) is 0 Å². The van der Waals surface area contributed by atoms with Gasteiger partial charge >= 0.3 is 0 Å². The normalized spacial score (nSPS) is 14.5. The summed E-state index contributed by atoms with van der Waals surface area (Å²) in [7, 11) is 0. The molecule has 3 nitrogen and oxygen atoms in total. The fourth-order valence-electron chi connectivity index (χ4n) is 1.50. The molecule has 4 heteroatoms. The molecule has 2 rings (SSSR count). The first-order chi connectivity index (χ1) is 7.81. The molecule has 0 aliphatic heterocycles. The van der Waals surface area contributed by atoms with Gasteiger partial charge in [-0.15, -0.1) is 0 Å². The van der Waals surface area contributed by atoms with Crippen LogP contribution in [0.4, 0.5) is 0 Å². The third-order valence-electron chi connectivity index (χ3n) is 2.49. The molecule has 0 unspecified atom stereocenters. The van der Waals surface area contributed by atoms with E-state index in [0.717, 1.165) is 12.1 Å². The van der Waals surface area contributed by atoms with E-state index in [2.05, 4.69) is 5.32 Å². The van der Waals surface area contributed by atoms with Crippen LogP contribution in [0.2, 0.25) is 5.02 Å². The third kappa shape index (κ3) is 2.88. The molecule has 1 saturated carbocycles. The van der Waals surface area contributed by atoms with Crippen LogP contribution in [-0.4, -0.2) is 12.6 Å². The summed E-state index contributed by atoms with van der Waals surface area (Å²) in [5.74, 6) is 0.624. The molecule has 0 heterocycles. The summed E-state index contributed by atoms with van der Waals surface area (Å²) >= 11 is 6.03. The highest BCUT2D eigenvalue weighted by Gasteiger charge is 2.20. The van der Waals surface area contributed by atoms with Crippen molar-refractivity contribution in [1.29, 1.82) is 5.26 Å². The SMILES string of the molecule is N#CCOc1c(Cl)cccc1CNC1CC1. The molecule has 0 spiro atoms. The van der Waals surface area contributed by atoms with Crippen LogP contribution >= 0.6 is 11.6 Å². The second-order valence-corrected chi connectivity index (χ2v) is 4.24. The lowest BCUT2D eigenvalue weighted by Gasteiger charge is -2.11. The maximum atomic E-state index is 8.50. The Balaban J connectivity index is 2.07. The molecule has 1 aliphatic carbocycles. The highest BCUT2D eigenvalue weighted by Crippen LogP contribution is 2.29. The molecule has 0 amide bonds. The first-order valence-electron chi connectivity index (χ1n) is 5.32. The van der Waals surface area contributed by atoms with E-state index in [1.54, 1.807) is 6.07 Å². The zero-order valence-electron chi connectivity index (χ0n) is 8.87. The molecule has 16 heavy (non-hydrogen) atoms. The second kappa shape index (κ2) is 5.20. The Morgan fingerprint density at radius 3 is 3.00 bits per heavy atom. The minimum absolute atomic E-state index is 0.0279. The number of halogens is 1. The van der Waals surface area contributed by atoms with Crippen LogP contribution in [0.25, 0.3) is 0 Å². The Kier molecular flexibility index (Phi) is 3.66. The van der Waals surface area contributed by atoms with E-state index in [0.29, 0.717) is 16.8 Å². The Labute approximate surface area is 100.0 Å². The number of benzene rings is 1. The van der Waals surface area contributed by atoms with Crippen LogP contribution in [0, 0.1) is 11.3 Å². The molecule has 1 aromatic carbocycles. The van der Waals surface area contributed by atoms with Crippen molar-refractivity contribution >= 4 is 11.6 Å². The zero-order chi connectivity index (χ0) is 11.4. The van der Waals surface area contributed by atoms with Gasteiger partial charge in [0.05, 0.1) is 5.02 Å². The molecule has 1 fully saturated rings. The summed E-state index contributed by atoms with van der Waals surface area (Å²) in [5.41, 5.74) is 1.01. The average molecular weight is 237 g/mol. The lowest BCUT2D eigenvalue weighted by molar-refractivity contribution is 0.363. The van der Waals surface area contributed by atoms with E-state index < -0.39 is 0 Å². The van der Waals surface area contributed by atoms with E-state index >= 15 is 0 Å². The second-order valence-electron chi connectivity index (χ2n) is 3.83. The van der Waals surface area contributed by atoms with Gasteiger partial charge in [-0.1, -0.05) is 23.7 Å². The van der Waals surface area contributed by atoms with Crippen molar-refractivity contribution in [3.63, 3.8) is 0 Å². The number of ether oxygens (including phenoxy) is 1. The van der Waals surface area contributed by atoms with Crippen LogP contribution in [-0.2, 0) is 6.54 Å². The van der Waals surface area contributed by atoms with Gasteiger partial charge in [0.1, 0.15) is 11.8 Å². The monoisotopic (exact) mass is 236 g/mol. The summed E-state index contributed by atoms with van der Waals surface area (Å²) in [4.78, 5) is 0. The van der Waals surface area contributed by atoms with Crippen LogP contribution < -0.4 is 10.1 Å². The molecule has 0 aromatic heterocycles. The highest BCUT2D eigenvalue weighted by molar-refractivity contribution is 6.32. The predicted octanol–water partition coefficient (Wildman–Crippen LogP) is 2.49. The van der Waals surface area contributed by atoms with Gasteiger partial charge in [0, 0.05) is 18.2 Å². The van der Waals surface area contributed by atoms with Gasteiger partial charge in [-0.2, -0.15) is 5.26 Å². The van der Waals surface area contributed by atoms with Crippen molar-refractivity contribution in [2.24, 2.45) is 0 Å². The van der Waals surface area contributed by atoms with E-state index in [4.69, 9.17) is 21.6 Å². The number of nitrogens with one attached hydrogen (secondary N) is 1. The van der Waals surface area contributed by atoms with E-state index in [-0.39, 0.29) is 6.61 Å². The Bertz CT molecular complexity index is 410. The van der Waals surface area contributed by atoms with Crippen molar-refractivity contribution in [2.45, 2.75) is 25.4 Å². The fourth-order valence-corrected chi connectivity index (χ4v) is 1.75. The molecular weight excluding hydrogens is 224 g/mol. The van der Waals surface area contributed by atoms with Crippen LogP contribution in [0.5, 0.6) is 5.75 Å². The maximum Gasteiger partial charge on any atom is 0.174 e. The smallest absolute Gasteiger partial charge is 0.174 e. The molecule has 84 valence electrons. The molecule has 0 atom stereocenters. The number of rotatable bonds is 5. The Hall–Kier alpha value is -1.24. The fraction of sp³-hybridized carbons (Fsp3) is 0.417. The lowest BCUT2D eigenvalue weighted by Crippen LogP contribution is -2.16. The topological polar surface area (TPSA) is 45.0 Å². The minimum Gasteiger partial charge on any atom is -0.477 e.